The molecule has 178 valence electrons. The molecule has 0 saturated heterocycles. The van der Waals surface area contributed by atoms with Crippen LogP contribution >= 0.6 is 0 Å². The highest BCUT2D eigenvalue weighted by molar-refractivity contribution is 5.85. The van der Waals surface area contributed by atoms with Gasteiger partial charge in [0.2, 0.25) is 0 Å². The smallest absolute Gasteiger partial charge is 0.0146 e. The van der Waals surface area contributed by atoms with Gasteiger partial charge in [-0.25, -0.2) is 0 Å². The van der Waals surface area contributed by atoms with Crippen LogP contribution in [-0.4, -0.2) is 0 Å². The van der Waals surface area contributed by atoms with Crippen molar-refractivity contribution in [3.63, 3.8) is 0 Å². The molecule has 5 aromatic rings. The zero-order valence-corrected chi connectivity index (χ0v) is 22.0. The topological polar surface area (TPSA) is 0 Å². The number of aryl methyl sites for hydroxylation is 3. The van der Waals surface area contributed by atoms with Crippen molar-refractivity contribution < 1.29 is 0 Å². The third-order valence-corrected chi connectivity index (χ3v) is 7.55. The molecule has 0 aromatic heterocycles. The minimum absolute atomic E-state index is 1.01. The van der Waals surface area contributed by atoms with Gasteiger partial charge >= 0.3 is 0 Å². The average Bonchev–Trinajstić information content (AvgIpc) is 2.90. The van der Waals surface area contributed by atoms with Crippen molar-refractivity contribution in [2.24, 2.45) is 0 Å². The zero-order chi connectivity index (χ0) is 25.2. The van der Waals surface area contributed by atoms with Gasteiger partial charge in [-0.15, -0.1) is 0 Å². The third kappa shape index (κ3) is 4.40. The lowest BCUT2D eigenvalue weighted by atomic mass is 9.86. The molecule has 0 unspecified atom stereocenters. The van der Waals surface area contributed by atoms with E-state index in [9.17, 15) is 0 Å². The fourth-order valence-corrected chi connectivity index (χ4v) is 5.40. The van der Waals surface area contributed by atoms with E-state index in [0.29, 0.717) is 0 Å². The number of hydrogen-bond donors (Lipinski definition) is 0. The molecule has 0 aliphatic heterocycles. The molecular formula is C36H34. The van der Waals surface area contributed by atoms with Crippen LogP contribution in [0, 0.1) is 27.7 Å². The van der Waals surface area contributed by atoms with E-state index in [4.69, 9.17) is 0 Å². The van der Waals surface area contributed by atoms with Gasteiger partial charge in [-0.1, -0.05) is 116 Å². The van der Waals surface area contributed by atoms with Crippen LogP contribution in [0.4, 0.5) is 0 Å². The molecule has 0 bridgehead atoms. The van der Waals surface area contributed by atoms with Crippen molar-refractivity contribution in [1.29, 1.82) is 0 Å². The molecule has 0 amide bonds. The van der Waals surface area contributed by atoms with E-state index in [-0.39, 0.29) is 0 Å². The van der Waals surface area contributed by atoms with Gasteiger partial charge in [0.05, 0.1) is 0 Å². The fraction of sp³-hybridized carbons (Fsp3) is 0.167. The first-order valence-electron chi connectivity index (χ1n) is 12.9. The average molecular weight is 467 g/mol. The molecule has 0 heterocycles. The van der Waals surface area contributed by atoms with Crippen LogP contribution in [0.1, 0.15) is 34.7 Å². The van der Waals surface area contributed by atoms with E-state index >= 15 is 0 Å². The SMILES string of the molecule is CCc1cc(-c2cccc(-c3cccc(-c4ccccc4C)c3C)c2C)ccc1-c1ccc(C)cc1. The van der Waals surface area contributed by atoms with Crippen LogP contribution in [0.15, 0.2) is 103 Å². The standard InChI is InChI=1S/C36H34/c1-6-28-23-30(21-22-36(28)29-19-17-24(2)18-20-29)32-13-9-15-34(26(32)4)35-16-10-14-33(27(35)5)31-12-8-7-11-25(31)3/h7-23H,6H2,1-5H3. The third-order valence-electron chi connectivity index (χ3n) is 7.55. The predicted octanol–water partition coefficient (Wildman–Crippen LogP) is 10.2. The first-order valence-corrected chi connectivity index (χ1v) is 12.9. The molecule has 0 aliphatic carbocycles. The Bertz CT molecular complexity index is 1530. The van der Waals surface area contributed by atoms with Crippen LogP contribution in [0.5, 0.6) is 0 Å². The highest BCUT2D eigenvalue weighted by Gasteiger charge is 2.14. The largest absolute Gasteiger partial charge is 0.0620 e. The molecule has 36 heavy (non-hydrogen) atoms. The lowest BCUT2D eigenvalue weighted by molar-refractivity contribution is 1.14. The summed E-state index contributed by atoms with van der Waals surface area (Å²) in [6.45, 7) is 11.1. The summed E-state index contributed by atoms with van der Waals surface area (Å²) in [6, 6.07) is 38.0. The second kappa shape index (κ2) is 9.99. The van der Waals surface area contributed by atoms with Gasteiger partial charge in [0.25, 0.3) is 0 Å². The fourth-order valence-electron chi connectivity index (χ4n) is 5.40. The maximum atomic E-state index is 2.39. The summed E-state index contributed by atoms with van der Waals surface area (Å²) in [7, 11) is 0. The zero-order valence-electron chi connectivity index (χ0n) is 22.0. The number of benzene rings is 5. The molecule has 0 N–H and O–H groups in total. The summed E-state index contributed by atoms with van der Waals surface area (Å²) in [6.07, 6.45) is 1.01. The quantitative estimate of drug-likeness (QED) is 0.242. The summed E-state index contributed by atoms with van der Waals surface area (Å²) in [5.41, 5.74) is 17.1. The lowest BCUT2D eigenvalue weighted by Gasteiger charge is -2.18. The summed E-state index contributed by atoms with van der Waals surface area (Å²) in [4.78, 5) is 0. The first-order chi connectivity index (χ1) is 17.5. The molecule has 0 fully saturated rings. The second-order valence-corrected chi connectivity index (χ2v) is 9.86. The van der Waals surface area contributed by atoms with Gasteiger partial charge < -0.3 is 0 Å². The molecule has 0 nitrogen and oxygen atoms in total. The Labute approximate surface area is 216 Å². The van der Waals surface area contributed by atoms with E-state index in [1.807, 2.05) is 0 Å². The Hall–Kier alpha value is -3.90. The maximum Gasteiger partial charge on any atom is -0.0146 e. The van der Waals surface area contributed by atoms with Gasteiger partial charge in [-0.05, 0) is 101 Å². The summed E-state index contributed by atoms with van der Waals surface area (Å²) < 4.78 is 0. The summed E-state index contributed by atoms with van der Waals surface area (Å²) in [5, 5.41) is 0. The molecule has 0 saturated carbocycles. The molecular weight excluding hydrogens is 432 g/mol. The van der Waals surface area contributed by atoms with Crippen molar-refractivity contribution in [3.8, 4) is 44.5 Å². The molecule has 5 aromatic carbocycles. The van der Waals surface area contributed by atoms with Gasteiger partial charge in [-0.2, -0.15) is 0 Å². The monoisotopic (exact) mass is 466 g/mol. The Morgan fingerprint density at radius 2 is 0.972 bits per heavy atom. The van der Waals surface area contributed by atoms with Gasteiger partial charge in [0.15, 0.2) is 0 Å². The summed E-state index contributed by atoms with van der Waals surface area (Å²) in [5.74, 6) is 0. The van der Waals surface area contributed by atoms with E-state index in [0.717, 1.165) is 6.42 Å². The second-order valence-electron chi connectivity index (χ2n) is 9.86. The Morgan fingerprint density at radius 3 is 1.61 bits per heavy atom. The molecule has 0 heteroatoms. The van der Waals surface area contributed by atoms with E-state index in [2.05, 4.69) is 138 Å². The van der Waals surface area contributed by atoms with Crippen LogP contribution in [-0.2, 0) is 6.42 Å². The van der Waals surface area contributed by atoms with E-state index in [1.54, 1.807) is 0 Å². The Morgan fingerprint density at radius 1 is 0.444 bits per heavy atom. The van der Waals surface area contributed by atoms with Crippen molar-refractivity contribution in [3.05, 3.63) is 131 Å². The number of hydrogen-bond acceptors (Lipinski definition) is 0. The van der Waals surface area contributed by atoms with Crippen LogP contribution in [0.2, 0.25) is 0 Å². The number of rotatable bonds is 5. The van der Waals surface area contributed by atoms with Crippen LogP contribution in [0.25, 0.3) is 44.5 Å². The maximum absolute atomic E-state index is 2.39. The highest BCUT2D eigenvalue weighted by Crippen LogP contribution is 2.38. The molecule has 0 spiro atoms. The van der Waals surface area contributed by atoms with Gasteiger partial charge in [0.1, 0.15) is 0 Å². The van der Waals surface area contributed by atoms with Crippen LogP contribution in [0.3, 0.4) is 0 Å². The summed E-state index contributed by atoms with van der Waals surface area (Å²) >= 11 is 0. The molecule has 5 rings (SSSR count). The van der Waals surface area contributed by atoms with E-state index < -0.39 is 0 Å². The minimum atomic E-state index is 1.01. The van der Waals surface area contributed by atoms with Crippen molar-refractivity contribution in [1.82, 2.24) is 0 Å². The van der Waals surface area contributed by atoms with Crippen molar-refractivity contribution in [2.75, 3.05) is 0 Å². The van der Waals surface area contributed by atoms with Gasteiger partial charge in [0, 0.05) is 0 Å². The Balaban J connectivity index is 1.59. The van der Waals surface area contributed by atoms with Gasteiger partial charge in [-0.3, -0.25) is 0 Å². The molecule has 0 aliphatic rings. The molecule has 0 atom stereocenters. The highest BCUT2D eigenvalue weighted by atomic mass is 14.2. The molecule has 0 radical (unpaired) electrons. The van der Waals surface area contributed by atoms with Crippen molar-refractivity contribution in [2.45, 2.75) is 41.0 Å². The van der Waals surface area contributed by atoms with Crippen LogP contribution < -0.4 is 0 Å². The predicted molar refractivity (Wildman–Crippen MR) is 157 cm³/mol. The normalized spacial score (nSPS) is 11.0. The first kappa shape index (κ1) is 23.8. The lowest BCUT2D eigenvalue weighted by Crippen LogP contribution is -1.95. The van der Waals surface area contributed by atoms with Crippen molar-refractivity contribution >= 4 is 0 Å². The van der Waals surface area contributed by atoms with E-state index in [1.165, 1.54) is 72.3 Å². The Kier molecular flexibility index (Phi) is 6.61. The minimum Gasteiger partial charge on any atom is -0.0620 e.